The van der Waals surface area contributed by atoms with E-state index in [1.165, 1.54) is 0 Å². The van der Waals surface area contributed by atoms with E-state index in [-0.39, 0.29) is 17.7 Å². The Kier molecular flexibility index (Phi) is 5.78. The Hall–Kier alpha value is -3.15. The average Bonchev–Trinajstić information content (AvgIpc) is 2.73. The maximum atomic E-state index is 13.0. The third kappa shape index (κ3) is 4.22. The van der Waals surface area contributed by atoms with E-state index in [1.54, 1.807) is 41.1 Å². The van der Waals surface area contributed by atoms with Gasteiger partial charge in [0.05, 0.1) is 5.92 Å². The Labute approximate surface area is 164 Å². The van der Waals surface area contributed by atoms with Crippen molar-refractivity contribution < 1.29 is 14.4 Å². The minimum absolute atomic E-state index is 0.0340. The molecule has 0 spiro atoms. The number of hydrogen-bond donors (Lipinski definition) is 1. The number of primary amides is 1. The first kappa shape index (κ1) is 19.6. The topological polar surface area (TPSA) is 83.7 Å². The zero-order valence-electron chi connectivity index (χ0n) is 16.2. The smallest absolute Gasteiger partial charge is 0.253 e. The highest BCUT2D eigenvalue weighted by Gasteiger charge is 2.31. The molecule has 2 N–H and O–H groups in total. The van der Waals surface area contributed by atoms with E-state index in [4.69, 9.17) is 5.73 Å². The third-order valence-corrected chi connectivity index (χ3v) is 5.23. The zero-order valence-corrected chi connectivity index (χ0v) is 16.2. The second-order valence-corrected chi connectivity index (χ2v) is 7.26. The molecule has 1 aliphatic heterocycles. The molecular weight excluding hydrogens is 354 g/mol. The van der Waals surface area contributed by atoms with Crippen molar-refractivity contribution in [3.63, 3.8) is 0 Å². The molecule has 6 heteroatoms. The molecular formula is C22H25N3O3. The molecule has 1 fully saturated rings. The maximum Gasteiger partial charge on any atom is 0.253 e. The summed E-state index contributed by atoms with van der Waals surface area (Å²) >= 11 is 0. The SMILES string of the molecule is Cc1ccc(C(=O)N2CCCC(C(=O)N(C)c3ccc(C(N)=O)cc3)C2)cc1. The fourth-order valence-corrected chi connectivity index (χ4v) is 3.49. The summed E-state index contributed by atoms with van der Waals surface area (Å²) in [5, 5.41) is 0. The normalized spacial score (nSPS) is 16.5. The molecule has 0 aromatic heterocycles. The molecule has 2 aromatic rings. The number of benzene rings is 2. The highest BCUT2D eigenvalue weighted by Crippen LogP contribution is 2.23. The van der Waals surface area contributed by atoms with Gasteiger partial charge in [-0.25, -0.2) is 0 Å². The van der Waals surface area contributed by atoms with Gasteiger partial charge in [0.1, 0.15) is 0 Å². The van der Waals surface area contributed by atoms with Crippen molar-refractivity contribution in [2.24, 2.45) is 11.7 Å². The maximum absolute atomic E-state index is 13.0. The van der Waals surface area contributed by atoms with Crippen LogP contribution >= 0.6 is 0 Å². The summed E-state index contributed by atoms with van der Waals surface area (Å²) in [5.74, 6) is -0.818. The number of likely N-dealkylation sites (tertiary alicyclic amines) is 1. The number of carbonyl (C=O) groups excluding carboxylic acids is 3. The van der Waals surface area contributed by atoms with Crippen LogP contribution in [0.25, 0.3) is 0 Å². The first-order valence-corrected chi connectivity index (χ1v) is 9.40. The molecule has 0 aliphatic carbocycles. The van der Waals surface area contributed by atoms with Gasteiger partial charge in [0.2, 0.25) is 11.8 Å². The summed E-state index contributed by atoms with van der Waals surface area (Å²) in [4.78, 5) is 40.3. The van der Waals surface area contributed by atoms with Crippen LogP contribution in [0.5, 0.6) is 0 Å². The number of piperidine rings is 1. The van der Waals surface area contributed by atoms with E-state index < -0.39 is 5.91 Å². The minimum atomic E-state index is -0.502. The van der Waals surface area contributed by atoms with Crippen LogP contribution in [0.4, 0.5) is 5.69 Å². The van der Waals surface area contributed by atoms with Crippen molar-refractivity contribution in [3.05, 3.63) is 65.2 Å². The average molecular weight is 379 g/mol. The summed E-state index contributed by atoms with van der Waals surface area (Å²) < 4.78 is 0. The van der Waals surface area contributed by atoms with Gasteiger partial charge in [-0.2, -0.15) is 0 Å². The Balaban J connectivity index is 1.68. The lowest BCUT2D eigenvalue weighted by molar-refractivity contribution is -0.123. The van der Waals surface area contributed by atoms with Gasteiger partial charge in [0.25, 0.3) is 5.91 Å². The van der Waals surface area contributed by atoms with Crippen LogP contribution in [0, 0.1) is 12.8 Å². The summed E-state index contributed by atoms with van der Waals surface area (Å²) in [6.07, 6.45) is 1.54. The van der Waals surface area contributed by atoms with Crippen LogP contribution in [-0.4, -0.2) is 42.8 Å². The Morgan fingerprint density at radius 3 is 2.21 bits per heavy atom. The molecule has 28 heavy (non-hydrogen) atoms. The van der Waals surface area contributed by atoms with E-state index >= 15 is 0 Å². The molecule has 2 aromatic carbocycles. The largest absolute Gasteiger partial charge is 0.366 e. The number of nitrogens with two attached hydrogens (primary N) is 1. The highest BCUT2D eigenvalue weighted by molar-refractivity contribution is 5.98. The van der Waals surface area contributed by atoms with Gasteiger partial charge < -0.3 is 15.5 Å². The van der Waals surface area contributed by atoms with Crippen molar-refractivity contribution in [2.45, 2.75) is 19.8 Å². The molecule has 6 nitrogen and oxygen atoms in total. The second-order valence-electron chi connectivity index (χ2n) is 7.26. The van der Waals surface area contributed by atoms with Crippen LogP contribution in [0.3, 0.4) is 0 Å². The van der Waals surface area contributed by atoms with E-state index in [2.05, 4.69) is 0 Å². The molecule has 1 atom stereocenters. The molecule has 3 rings (SSSR count). The second kappa shape index (κ2) is 8.25. The first-order chi connectivity index (χ1) is 13.4. The van der Waals surface area contributed by atoms with E-state index in [1.807, 2.05) is 31.2 Å². The monoisotopic (exact) mass is 379 g/mol. The molecule has 1 unspecified atom stereocenters. The van der Waals surface area contributed by atoms with Gasteiger partial charge in [-0.1, -0.05) is 17.7 Å². The molecule has 146 valence electrons. The van der Waals surface area contributed by atoms with Crippen LogP contribution in [0.1, 0.15) is 39.1 Å². The van der Waals surface area contributed by atoms with E-state index in [0.717, 1.165) is 18.4 Å². The molecule has 0 radical (unpaired) electrons. The predicted molar refractivity (Wildman–Crippen MR) is 108 cm³/mol. The molecule has 0 bridgehead atoms. The lowest BCUT2D eigenvalue weighted by Crippen LogP contribution is -2.46. The number of nitrogens with zero attached hydrogens (tertiary/aromatic N) is 2. The first-order valence-electron chi connectivity index (χ1n) is 9.40. The van der Waals surface area contributed by atoms with Gasteiger partial charge >= 0.3 is 0 Å². The molecule has 1 heterocycles. The summed E-state index contributed by atoms with van der Waals surface area (Å²) in [6.45, 7) is 3.05. The quantitative estimate of drug-likeness (QED) is 0.886. The Morgan fingerprint density at radius 2 is 1.61 bits per heavy atom. The number of rotatable bonds is 4. The summed E-state index contributed by atoms with van der Waals surface area (Å²) in [7, 11) is 1.71. The standard InChI is InChI=1S/C22H25N3O3/c1-15-5-7-17(8-6-15)22(28)25-13-3-4-18(14-25)21(27)24(2)19-11-9-16(10-12-19)20(23)26/h5-12,18H,3-4,13-14H2,1-2H3,(H2,23,26). The zero-order chi connectivity index (χ0) is 20.3. The lowest BCUT2D eigenvalue weighted by atomic mass is 9.95. The number of anilines is 1. The number of carbonyl (C=O) groups is 3. The van der Waals surface area contributed by atoms with Gasteiger partial charge in [-0.05, 0) is 56.2 Å². The number of hydrogen-bond acceptors (Lipinski definition) is 3. The van der Waals surface area contributed by atoms with Crippen molar-refractivity contribution >= 4 is 23.4 Å². The molecule has 1 aliphatic rings. The van der Waals surface area contributed by atoms with Crippen molar-refractivity contribution in [3.8, 4) is 0 Å². The number of amides is 3. The number of aryl methyl sites for hydroxylation is 1. The Bertz CT molecular complexity index is 875. The highest BCUT2D eigenvalue weighted by atomic mass is 16.2. The molecule has 3 amide bonds. The van der Waals surface area contributed by atoms with Crippen molar-refractivity contribution in [1.82, 2.24) is 4.90 Å². The van der Waals surface area contributed by atoms with E-state index in [9.17, 15) is 14.4 Å². The minimum Gasteiger partial charge on any atom is -0.366 e. The molecule has 1 saturated heterocycles. The molecule has 0 saturated carbocycles. The van der Waals surface area contributed by atoms with Crippen molar-refractivity contribution in [1.29, 1.82) is 0 Å². The van der Waals surface area contributed by atoms with Crippen molar-refractivity contribution in [2.75, 3.05) is 25.0 Å². The van der Waals surface area contributed by atoms with E-state index in [0.29, 0.717) is 29.9 Å². The van der Waals surface area contributed by atoms with Crippen LogP contribution in [0.15, 0.2) is 48.5 Å². The van der Waals surface area contributed by atoms with Crippen LogP contribution in [-0.2, 0) is 4.79 Å². The van der Waals surface area contributed by atoms with Crippen LogP contribution < -0.4 is 10.6 Å². The fraction of sp³-hybridized carbons (Fsp3) is 0.318. The fourth-order valence-electron chi connectivity index (χ4n) is 3.49. The summed E-state index contributed by atoms with van der Waals surface area (Å²) in [6, 6.07) is 14.1. The van der Waals surface area contributed by atoms with Crippen LogP contribution in [0.2, 0.25) is 0 Å². The van der Waals surface area contributed by atoms with Gasteiger partial charge in [0, 0.05) is 37.0 Å². The summed E-state index contributed by atoms with van der Waals surface area (Å²) in [5.41, 5.74) is 8.10. The van der Waals surface area contributed by atoms with Gasteiger partial charge in [-0.15, -0.1) is 0 Å². The lowest BCUT2D eigenvalue weighted by Gasteiger charge is -2.34. The third-order valence-electron chi connectivity index (χ3n) is 5.23. The van der Waals surface area contributed by atoms with Gasteiger partial charge in [0.15, 0.2) is 0 Å². The predicted octanol–water partition coefficient (Wildman–Crippen LogP) is 2.61. The van der Waals surface area contributed by atoms with Gasteiger partial charge in [-0.3, -0.25) is 14.4 Å². The Morgan fingerprint density at radius 1 is 1.00 bits per heavy atom.